The number of anilines is 1. The molecule has 0 N–H and O–H groups in total. The van der Waals surface area contributed by atoms with Gasteiger partial charge in [-0.15, -0.1) is 0 Å². The van der Waals surface area contributed by atoms with E-state index in [0.717, 1.165) is 12.8 Å². The van der Waals surface area contributed by atoms with E-state index in [-0.39, 0.29) is 17.6 Å². The van der Waals surface area contributed by atoms with E-state index in [2.05, 4.69) is 4.98 Å². The third kappa shape index (κ3) is 2.17. The molecule has 0 bridgehead atoms. The highest BCUT2D eigenvalue weighted by Gasteiger charge is 2.34. The van der Waals surface area contributed by atoms with Gasteiger partial charge in [-0.1, -0.05) is 0 Å². The normalized spacial score (nSPS) is 20.1. The van der Waals surface area contributed by atoms with E-state index in [4.69, 9.17) is 0 Å². The molecule has 18 heavy (non-hydrogen) atoms. The highest BCUT2D eigenvalue weighted by atomic mass is 19.1. The Balaban J connectivity index is 1.63. The van der Waals surface area contributed by atoms with Crippen molar-refractivity contribution in [3.05, 3.63) is 24.1 Å². The number of carbonyl (C=O) groups is 1. The topological polar surface area (TPSA) is 36.4 Å². The predicted molar refractivity (Wildman–Crippen MR) is 65.7 cm³/mol. The molecule has 0 aromatic carbocycles. The summed E-state index contributed by atoms with van der Waals surface area (Å²) in [6.07, 6.45) is 3.67. The van der Waals surface area contributed by atoms with Crippen LogP contribution in [0.2, 0.25) is 0 Å². The zero-order valence-corrected chi connectivity index (χ0v) is 10.2. The number of pyridine rings is 1. The molecule has 4 nitrogen and oxygen atoms in total. The minimum atomic E-state index is -0.292. The number of hydrogen-bond acceptors (Lipinski definition) is 3. The monoisotopic (exact) mass is 249 g/mol. The fraction of sp³-hybridized carbons (Fsp3) is 0.538. The molecule has 2 aliphatic rings. The van der Waals surface area contributed by atoms with Gasteiger partial charge in [-0.25, -0.2) is 9.37 Å². The Morgan fingerprint density at radius 2 is 2.00 bits per heavy atom. The van der Waals surface area contributed by atoms with Gasteiger partial charge in [0, 0.05) is 38.3 Å². The summed E-state index contributed by atoms with van der Waals surface area (Å²) in [5.41, 5.74) is 0. The Morgan fingerprint density at radius 1 is 1.28 bits per heavy atom. The second kappa shape index (κ2) is 4.55. The van der Waals surface area contributed by atoms with E-state index in [9.17, 15) is 9.18 Å². The van der Waals surface area contributed by atoms with Gasteiger partial charge in [0.05, 0.1) is 0 Å². The molecule has 1 aromatic rings. The van der Waals surface area contributed by atoms with E-state index in [1.807, 2.05) is 9.80 Å². The van der Waals surface area contributed by atoms with Gasteiger partial charge in [-0.2, -0.15) is 0 Å². The average molecular weight is 249 g/mol. The summed E-state index contributed by atoms with van der Waals surface area (Å²) in [4.78, 5) is 19.8. The largest absolute Gasteiger partial charge is 0.351 e. The lowest BCUT2D eigenvalue weighted by Crippen LogP contribution is -2.49. The van der Waals surface area contributed by atoms with Crippen molar-refractivity contribution in [1.82, 2.24) is 9.88 Å². The van der Waals surface area contributed by atoms with Gasteiger partial charge in [-0.3, -0.25) is 4.79 Å². The highest BCUT2D eigenvalue weighted by Crippen LogP contribution is 2.31. The first kappa shape index (κ1) is 11.4. The van der Waals surface area contributed by atoms with E-state index in [1.54, 1.807) is 12.3 Å². The van der Waals surface area contributed by atoms with Crippen LogP contribution in [0, 0.1) is 11.7 Å². The molecular weight excluding hydrogens is 233 g/mol. The minimum Gasteiger partial charge on any atom is -0.351 e. The number of nitrogens with zero attached hydrogens (tertiary/aromatic N) is 3. The molecule has 3 rings (SSSR count). The SMILES string of the molecule is O=C(C1CC1)N1CCN(c2ncccc2F)CC1. The second-order valence-electron chi connectivity index (χ2n) is 4.90. The first-order valence-electron chi connectivity index (χ1n) is 6.40. The number of halogens is 1. The fourth-order valence-corrected chi connectivity index (χ4v) is 2.34. The Kier molecular flexibility index (Phi) is 2.89. The summed E-state index contributed by atoms with van der Waals surface area (Å²) in [5.74, 6) is 0.648. The number of aromatic nitrogens is 1. The number of hydrogen-bond donors (Lipinski definition) is 0. The maximum absolute atomic E-state index is 13.6. The first-order chi connectivity index (χ1) is 8.75. The summed E-state index contributed by atoms with van der Waals surface area (Å²) >= 11 is 0. The number of amides is 1. The van der Waals surface area contributed by atoms with Gasteiger partial charge >= 0.3 is 0 Å². The molecule has 1 aliphatic heterocycles. The summed E-state index contributed by atoms with van der Waals surface area (Å²) < 4.78 is 13.6. The van der Waals surface area contributed by atoms with Crippen LogP contribution in [0.5, 0.6) is 0 Å². The molecule has 2 fully saturated rings. The van der Waals surface area contributed by atoms with Gasteiger partial charge in [0.2, 0.25) is 5.91 Å². The molecule has 1 aliphatic carbocycles. The molecule has 0 radical (unpaired) electrons. The molecule has 1 amide bonds. The van der Waals surface area contributed by atoms with Crippen LogP contribution in [-0.4, -0.2) is 42.0 Å². The van der Waals surface area contributed by atoms with E-state index >= 15 is 0 Å². The van der Waals surface area contributed by atoms with Crippen LogP contribution in [0.4, 0.5) is 10.2 Å². The van der Waals surface area contributed by atoms with Crippen molar-refractivity contribution >= 4 is 11.7 Å². The van der Waals surface area contributed by atoms with E-state index < -0.39 is 0 Å². The molecular formula is C13H16FN3O. The molecule has 1 saturated carbocycles. The lowest BCUT2D eigenvalue weighted by molar-refractivity contribution is -0.132. The van der Waals surface area contributed by atoms with Crippen LogP contribution in [0.15, 0.2) is 18.3 Å². The van der Waals surface area contributed by atoms with Gasteiger partial charge in [-0.05, 0) is 25.0 Å². The average Bonchev–Trinajstić information content (AvgIpc) is 3.23. The third-order valence-electron chi connectivity index (χ3n) is 3.56. The van der Waals surface area contributed by atoms with Crippen molar-refractivity contribution in [3.63, 3.8) is 0 Å². The maximum Gasteiger partial charge on any atom is 0.225 e. The van der Waals surface area contributed by atoms with Crippen molar-refractivity contribution in [2.75, 3.05) is 31.1 Å². The van der Waals surface area contributed by atoms with Gasteiger partial charge < -0.3 is 9.80 Å². The lowest BCUT2D eigenvalue weighted by Gasteiger charge is -2.35. The third-order valence-corrected chi connectivity index (χ3v) is 3.56. The van der Waals surface area contributed by atoms with E-state index in [0.29, 0.717) is 32.0 Å². The maximum atomic E-state index is 13.6. The molecule has 1 saturated heterocycles. The van der Waals surface area contributed by atoms with Crippen LogP contribution in [0.1, 0.15) is 12.8 Å². The molecule has 96 valence electrons. The minimum absolute atomic E-state index is 0.267. The first-order valence-corrected chi connectivity index (χ1v) is 6.40. The Hall–Kier alpha value is -1.65. The fourth-order valence-electron chi connectivity index (χ4n) is 2.34. The van der Waals surface area contributed by atoms with Crippen LogP contribution < -0.4 is 4.90 Å². The summed E-state index contributed by atoms with van der Waals surface area (Å²) in [6, 6.07) is 3.01. The van der Waals surface area contributed by atoms with Crippen LogP contribution in [0.25, 0.3) is 0 Å². The molecule has 5 heteroatoms. The summed E-state index contributed by atoms with van der Waals surface area (Å²) in [7, 11) is 0. The summed E-state index contributed by atoms with van der Waals surface area (Å²) in [5, 5.41) is 0. The number of rotatable bonds is 2. The Labute approximate surface area is 105 Å². The van der Waals surface area contributed by atoms with Crippen LogP contribution >= 0.6 is 0 Å². The van der Waals surface area contributed by atoms with Crippen molar-refractivity contribution in [3.8, 4) is 0 Å². The van der Waals surface area contributed by atoms with Gasteiger partial charge in [0.1, 0.15) is 0 Å². The predicted octanol–water partition coefficient (Wildman–Crippen LogP) is 1.28. The standard InChI is InChI=1S/C13H16FN3O/c14-11-2-1-5-15-12(11)16-6-8-17(9-7-16)13(18)10-3-4-10/h1-2,5,10H,3-4,6-9H2. The zero-order chi connectivity index (χ0) is 12.5. The van der Waals surface area contributed by atoms with Gasteiger partial charge in [0.15, 0.2) is 11.6 Å². The molecule has 0 atom stereocenters. The lowest BCUT2D eigenvalue weighted by atomic mass is 10.2. The number of carbonyl (C=O) groups excluding carboxylic acids is 1. The highest BCUT2D eigenvalue weighted by molar-refractivity contribution is 5.81. The Morgan fingerprint density at radius 3 is 2.61 bits per heavy atom. The molecule has 1 aromatic heterocycles. The zero-order valence-electron chi connectivity index (χ0n) is 10.2. The Bertz CT molecular complexity index is 453. The van der Waals surface area contributed by atoms with E-state index in [1.165, 1.54) is 6.07 Å². The molecule has 0 spiro atoms. The second-order valence-corrected chi connectivity index (χ2v) is 4.90. The van der Waals surface area contributed by atoms with Crippen molar-refractivity contribution < 1.29 is 9.18 Å². The quantitative estimate of drug-likeness (QED) is 0.792. The van der Waals surface area contributed by atoms with Crippen LogP contribution in [0.3, 0.4) is 0 Å². The van der Waals surface area contributed by atoms with Crippen LogP contribution in [-0.2, 0) is 4.79 Å². The molecule has 2 heterocycles. The summed E-state index contributed by atoms with van der Waals surface area (Å²) in [6.45, 7) is 2.66. The van der Waals surface area contributed by atoms with Crippen molar-refractivity contribution in [1.29, 1.82) is 0 Å². The van der Waals surface area contributed by atoms with Crippen molar-refractivity contribution in [2.45, 2.75) is 12.8 Å². The molecule has 0 unspecified atom stereocenters. The smallest absolute Gasteiger partial charge is 0.225 e. The van der Waals surface area contributed by atoms with Gasteiger partial charge in [0.25, 0.3) is 0 Å². The number of piperazine rings is 1. The van der Waals surface area contributed by atoms with Crippen molar-refractivity contribution in [2.24, 2.45) is 5.92 Å².